The molecule has 1 N–H and O–H groups in total. The molecule has 7 nitrogen and oxygen atoms in total. The van der Waals surface area contributed by atoms with E-state index in [2.05, 4.69) is 5.32 Å². The molecule has 3 rings (SSSR count). The van der Waals surface area contributed by atoms with E-state index in [1.54, 1.807) is 30.3 Å². The molecule has 0 spiro atoms. The minimum Gasteiger partial charge on any atom is -0.332 e. The second kappa shape index (κ2) is 8.45. The molecule has 0 saturated carbocycles. The molecule has 160 valence electrons. The largest absolute Gasteiger partial charge is 0.332 e. The molecule has 1 atom stereocenters. The van der Waals surface area contributed by atoms with E-state index in [1.807, 2.05) is 6.92 Å². The SMILES string of the molecule is C[C@@H]1Cc2cc(C(=O)N(C)CC(=O)Nc3ccc(Cl)c(Cl)c3)ccc2N1S(C)(=O)=O. The van der Waals surface area contributed by atoms with Gasteiger partial charge in [0.1, 0.15) is 0 Å². The number of hydrogen-bond acceptors (Lipinski definition) is 4. The molecule has 30 heavy (non-hydrogen) atoms. The van der Waals surface area contributed by atoms with Gasteiger partial charge in [-0.25, -0.2) is 8.42 Å². The highest BCUT2D eigenvalue weighted by molar-refractivity contribution is 7.92. The summed E-state index contributed by atoms with van der Waals surface area (Å²) in [5.41, 5.74) is 2.23. The van der Waals surface area contributed by atoms with Gasteiger partial charge in [-0.15, -0.1) is 0 Å². The van der Waals surface area contributed by atoms with Crippen LogP contribution in [-0.4, -0.2) is 51.0 Å². The zero-order chi connectivity index (χ0) is 22.2. The Hall–Kier alpha value is -2.29. The maximum atomic E-state index is 12.8. The van der Waals surface area contributed by atoms with Crippen molar-refractivity contribution in [3.05, 3.63) is 57.6 Å². The highest BCUT2D eigenvalue weighted by atomic mass is 35.5. The third-order valence-corrected chi connectivity index (χ3v) is 6.78. The Morgan fingerprint density at radius 2 is 1.87 bits per heavy atom. The van der Waals surface area contributed by atoms with E-state index in [9.17, 15) is 18.0 Å². The Morgan fingerprint density at radius 3 is 2.50 bits per heavy atom. The van der Waals surface area contributed by atoms with Crippen LogP contribution in [-0.2, 0) is 21.2 Å². The lowest BCUT2D eigenvalue weighted by Crippen LogP contribution is -2.35. The molecule has 0 unspecified atom stereocenters. The van der Waals surface area contributed by atoms with Gasteiger partial charge in [-0.05, 0) is 55.3 Å². The molecule has 0 saturated heterocycles. The number of carbonyl (C=O) groups is 2. The van der Waals surface area contributed by atoms with E-state index < -0.39 is 10.0 Å². The number of carbonyl (C=O) groups excluding carboxylic acids is 2. The van der Waals surface area contributed by atoms with Crippen LogP contribution < -0.4 is 9.62 Å². The van der Waals surface area contributed by atoms with Crippen LogP contribution in [0.2, 0.25) is 10.0 Å². The quantitative estimate of drug-likeness (QED) is 0.726. The van der Waals surface area contributed by atoms with Gasteiger partial charge >= 0.3 is 0 Å². The molecule has 0 fully saturated rings. The number of halogens is 2. The number of rotatable bonds is 5. The summed E-state index contributed by atoms with van der Waals surface area (Å²) in [5.74, 6) is -0.727. The summed E-state index contributed by atoms with van der Waals surface area (Å²) in [5, 5.41) is 3.36. The first-order chi connectivity index (χ1) is 14.0. The number of anilines is 2. The molecule has 0 bridgehead atoms. The van der Waals surface area contributed by atoms with Gasteiger partial charge in [-0.3, -0.25) is 13.9 Å². The third kappa shape index (κ3) is 4.71. The molecule has 1 aliphatic rings. The van der Waals surface area contributed by atoms with Crippen LogP contribution in [0.15, 0.2) is 36.4 Å². The van der Waals surface area contributed by atoms with E-state index in [4.69, 9.17) is 23.2 Å². The molecule has 0 aromatic heterocycles. The van der Waals surface area contributed by atoms with Gasteiger partial charge in [0.2, 0.25) is 15.9 Å². The van der Waals surface area contributed by atoms with Gasteiger partial charge in [0.25, 0.3) is 5.91 Å². The molecule has 10 heteroatoms. The van der Waals surface area contributed by atoms with E-state index in [0.717, 1.165) is 11.8 Å². The van der Waals surface area contributed by atoms with Gasteiger partial charge in [0, 0.05) is 24.3 Å². The average Bonchev–Trinajstić information content (AvgIpc) is 2.99. The minimum absolute atomic E-state index is 0.165. The molecule has 1 heterocycles. The highest BCUT2D eigenvalue weighted by Gasteiger charge is 2.33. The van der Waals surface area contributed by atoms with Gasteiger partial charge in [0.15, 0.2) is 0 Å². The topological polar surface area (TPSA) is 86.8 Å². The molecule has 2 aromatic rings. The van der Waals surface area contributed by atoms with Crippen molar-refractivity contribution in [2.75, 3.05) is 29.5 Å². The fourth-order valence-electron chi connectivity index (χ4n) is 3.52. The van der Waals surface area contributed by atoms with Crippen LogP contribution in [0.5, 0.6) is 0 Å². The van der Waals surface area contributed by atoms with Crippen molar-refractivity contribution < 1.29 is 18.0 Å². The van der Waals surface area contributed by atoms with Gasteiger partial charge in [-0.1, -0.05) is 23.2 Å². The van der Waals surface area contributed by atoms with Crippen molar-refractivity contribution in [1.82, 2.24) is 4.90 Å². The second-order valence-corrected chi connectivity index (χ2v) is 9.97. The van der Waals surface area contributed by atoms with Crippen molar-refractivity contribution in [3.63, 3.8) is 0 Å². The van der Waals surface area contributed by atoms with Crippen molar-refractivity contribution >= 4 is 56.4 Å². The first kappa shape index (κ1) is 22.4. The summed E-state index contributed by atoms with van der Waals surface area (Å²) >= 11 is 11.8. The summed E-state index contributed by atoms with van der Waals surface area (Å²) in [6.07, 6.45) is 1.68. The van der Waals surface area contributed by atoms with Crippen molar-refractivity contribution in [3.8, 4) is 0 Å². The molecule has 1 aliphatic heterocycles. The standard InChI is InChI=1S/C20H21Cl2N3O4S/c1-12-8-14-9-13(4-7-18(14)25(12)30(3,28)29)20(27)24(2)11-19(26)23-15-5-6-16(21)17(22)10-15/h4-7,9-10,12H,8,11H2,1-3H3,(H,23,26)/t12-/m1/s1. The smallest absolute Gasteiger partial charge is 0.254 e. The minimum atomic E-state index is -3.40. The van der Waals surface area contributed by atoms with Crippen molar-refractivity contribution in [1.29, 1.82) is 0 Å². The Labute approximate surface area is 185 Å². The lowest BCUT2D eigenvalue weighted by Gasteiger charge is -2.22. The Balaban J connectivity index is 1.70. The zero-order valence-electron chi connectivity index (χ0n) is 16.6. The van der Waals surface area contributed by atoms with Crippen LogP contribution in [0.3, 0.4) is 0 Å². The van der Waals surface area contributed by atoms with E-state index in [-0.39, 0.29) is 24.4 Å². The van der Waals surface area contributed by atoms with E-state index in [0.29, 0.717) is 33.4 Å². The predicted molar refractivity (Wildman–Crippen MR) is 119 cm³/mol. The Bertz CT molecular complexity index is 1120. The Kier molecular flexibility index (Phi) is 6.31. The summed E-state index contributed by atoms with van der Waals surface area (Å²) in [4.78, 5) is 26.3. The monoisotopic (exact) mass is 469 g/mol. The van der Waals surface area contributed by atoms with E-state index >= 15 is 0 Å². The van der Waals surface area contributed by atoms with Crippen LogP contribution in [0.1, 0.15) is 22.8 Å². The maximum Gasteiger partial charge on any atom is 0.254 e. The first-order valence-corrected chi connectivity index (χ1v) is 11.7. The highest BCUT2D eigenvalue weighted by Crippen LogP contribution is 2.34. The summed E-state index contributed by atoms with van der Waals surface area (Å²) in [6.45, 7) is 1.66. The van der Waals surface area contributed by atoms with Gasteiger partial charge < -0.3 is 10.2 Å². The number of nitrogens with one attached hydrogen (secondary N) is 1. The fourth-order valence-corrected chi connectivity index (χ4v) is 5.08. The molecule has 2 aromatic carbocycles. The van der Waals surface area contributed by atoms with Crippen LogP contribution >= 0.6 is 23.2 Å². The third-order valence-electron chi connectivity index (χ3n) is 4.77. The van der Waals surface area contributed by atoms with Crippen LogP contribution in [0, 0.1) is 0 Å². The second-order valence-electron chi connectivity index (χ2n) is 7.29. The number of amides is 2. The summed E-state index contributed by atoms with van der Waals surface area (Å²) in [6, 6.07) is 9.39. The predicted octanol–water partition coefficient (Wildman–Crippen LogP) is 3.41. The number of benzene rings is 2. The number of sulfonamides is 1. The van der Waals surface area contributed by atoms with Crippen LogP contribution in [0.4, 0.5) is 11.4 Å². The molecule has 0 radical (unpaired) electrons. The van der Waals surface area contributed by atoms with Crippen LogP contribution in [0.25, 0.3) is 0 Å². The van der Waals surface area contributed by atoms with Gasteiger partial charge in [-0.2, -0.15) is 0 Å². The number of nitrogens with zero attached hydrogens (tertiary/aromatic N) is 2. The molecular weight excluding hydrogens is 449 g/mol. The summed E-state index contributed by atoms with van der Waals surface area (Å²) < 4.78 is 25.4. The number of fused-ring (bicyclic) bond motifs is 1. The lowest BCUT2D eigenvalue weighted by molar-refractivity contribution is -0.116. The normalized spacial score (nSPS) is 15.6. The first-order valence-electron chi connectivity index (χ1n) is 9.10. The molecular formula is C20H21Cl2N3O4S. The van der Waals surface area contributed by atoms with Crippen molar-refractivity contribution in [2.45, 2.75) is 19.4 Å². The fraction of sp³-hybridized carbons (Fsp3) is 0.300. The number of likely N-dealkylation sites (N-methyl/N-ethyl adjacent to an activating group) is 1. The lowest BCUT2D eigenvalue weighted by atomic mass is 10.1. The molecule has 0 aliphatic carbocycles. The van der Waals surface area contributed by atoms with Gasteiger partial charge in [0.05, 0.1) is 28.5 Å². The number of hydrogen-bond donors (Lipinski definition) is 1. The van der Waals surface area contributed by atoms with E-state index in [1.165, 1.54) is 22.3 Å². The van der Waals surface area contributed by atoms with Crippen molar-refractivity contribution in [2.24, 2.45) is 0 Å². The average molecular weight is 470 g/mol. The summed E-state index contributed by atoms with van der Waals surface area (Å²) in [7, 11) is -1.88. The Morgan fingerprint density at radius 1 is 1.17 bits per heavy atom. The maximum absolute atomic E-state index is 12.8. The molecule has 2 amide bonds. The zero-order valence-corrected chi connectivity index (χ0v) is 19.0.